The van der Waals surface area contributed by atoms with Crippen molar-refractivity contribution in [3.8, 4) is 0 Å². The highest BCUT2D eigenvalue weighted by Crippen LogP contribution is 2.35. The van der Waals surface area contributed by atoms with E-state index in [1.54, 1.807) is 12.1 Å². The summed E-state index contributed by atoms with van der Waals surface area (Å²) in [5.41, 5.74) is 0.943. The van der Waals surface area contributed by atoms with Gasteiger partial charge in [0.1, 0.15) is 6.10 Å². The average Bonchev–Trinajstić information content (AvgIpc) is 2.46. The summed E-state index contributed by atoms with van der Waals surface area (Å²) in [6.45, 7) is 0. The summed E-state index contributed by atoms with van der Waals surface area (Å²) in [6, 6.07) is 7.21. The molecule has 3 nitrogen and oxygen atoms in total. The minimum atomic E-state index is -0.627. The van der Waals surface area contributed by atoms with Gasteiger partial charge < -0.3 is 9.84 Å². The maximum atomic E-state index is 11.4. The fraction of sp³-hybridized carbons (Fsp3) is 0.353. The zero-order valence-electron chi connectivity index (χ0n) is 12.2. The third-order valence-corrected chi connectivity index (χ3v) is 4.94. The van der Waals surface area contributed by atoms with Crippen molar-refractivity contribution in [3.63, 3.8) is 0 Å². The number of aliphatic hydroxyl groups is 1. The zero-order chi connectivity index (χ0) is 16.6. The zero-order valence-corrected chi connectivity index (χ0v) is 14.5. The fourth-order valence-electron chi connectivity index (χ4n) is 2.98. The van der Waals surface area contributed by atoms with E-state index in [1.165, 1.54) is 0 Å². The monoisotopic (exact) mass is 372 g/mol. The molecular weight excluding hydrogens is 359 g/mol. The molecule has 1 aliphatic heterocycles. The molecule has 1 aliphatic rings. The Morgan fingerprint density at radius 3 is 2.65 bits per heavy atom. The van der Waals surface area contributed by atoms with Crippen LogP contribution in [-0.4, -0.2) is 23.3 Å². The number of carbonyl (C=O) groups is 1. The van der Waals surface area contributed by atoms with Gasteiger partial charge in [-0.25, -0.2) is 0 Å². The van der Waals surface area contributed by atoms with Crippen LogP contribution in [0.4, 0.5) is 0 Å². The lowest BCUT2D eigenvalue weighted by Gasteiger charge is -2.26. The van der Waals surface area contributed by atoms with Gasteiger partial charge in [-0.15, -0.1) is 0 Å². The van der Waals surface area contributed by atoms with Gasteiger partial charge in [0.05, 0.1) is 12.5 Å². The van der Waals surface area contributed by atoms with Crippen LogP contribution < -0.4 is 0 Å². The summed E-state index contributed by atoms with van der Waals surface area (Å²) in [5, 5.41) is 13.2. The summed E-state index contributed by atoms with van der Waals surface area (Å²) >= 11 is 18.6. The fourth-order valence-corrected chi connectivity index (χ4v) is 3.78. The molecule has 0 aromatic heterocycles. The van der Waals surface area contributed by atoms with Crippen molar-refractivity contribution in [1.29, 1.82) is 0 Å². The van der Waals surface area contributed by atoms with Gasteiger partial charge in [0.15, 0.2) is 0 Å². The molecule has 0 saturated carbocycles. The highest BCUT2D eigenvalue weighted by Gasteiger charge is 2.27. The van der Waals surface area contributed by atoms with Crippen molar-refractivity contribution in [2.45, 2.75) is 37.9 Å². The molecule has 122 valence electrons. The van der Waals surface area contributed by atoms with E-state index in [0.717, 1.165) is 16.3 Å². The van der Waals surface area contributed by atoms with E-state index in [2.05, 4.69) is 0 Å². The minimum Gasteiger partial charge on any atom is -0.462 e. The van der Waals surface area contributed by atoms with Crippen LogP contribution in [0.15, 0.2) is 24.3 Å². The van der Waals surface area contributed by atoms with Crippen molar-refractivity contribution >= 4 is 51.5 Å². The molecule has 2 atom stereocenters. The molecular formula is C17H15Cl3O3. The summed E-state index contributed by atoms with van der Waals surface area (Å²) in [4.78, 5) is 11.4. The minimum absolute atomic E-state index is 0.0691. The van der Waals surface area contributed by atoms with Gasteiger partial charge in [-0.05, 0) is 42.0 Å². The molecule has 0 bridgehead atoms. The number of benzene rings is 2. The van der Waals surface area contributed by atoms with E-state index < -0.39 is 6.10 Å². The standard InChI is InChI=1S/C17H15Cl3O3/c18-9-1-3-12-13(15(19)8-16(20)14(12)5-9)4-2-11-6-10(21)7-17(22)23-11/h1,3,5,8,10-11,21H,2,4,6-7H2/t10-,11-/m1/s1. The first kappa shape index (κ1) is 16.8. The maximum Gasteiger partial charge on any atom is 0.308 e. The second-order valence-corrected chi connectivity index (χ2v) is 7.00. The van der Waals surface area contributed by atoms with Crippen molar-refractivity contribution in [2.75, 3.05) is 0 Å². The number of carbonyl (C=O) groups excluding carboxylic acids is 1. The van der Waals surface area contributed by atoms with E-state index in [9.17, 15) is 9.90 Å². The van der Waals surface area contributed by atoms with Crippen LogP contribution in [0.5, 0.6) is 0 Å². The van der Waals surface area contributed by atoms with Gasteiger partial charge >= 0.3 is 5.97 Å². The number of esters is 1. The quantitative estimate of drug-likeness (QED) is 0.786. The molecule has 1 N–H and O–H groups in total. The molecule has 0 unspecified atom stereocenters. The topological polar surface area (TPSA) is 46.5 Å². The number of aryl methyl sites for hydroxylation is 1. The molecule has 1 heterocycles. The van der Waals surface area contributed by atoms with Gasteiger partial charge in [0.25, 0.3) is 0 Å². The van der Waals surface area contributed by atoms with Gasteiger partial charge in [0.2, 0.25) is 0 Å². The van der Waals surface area contributed by atoms with Crippen LogP contribution in [0.2, 0.25) is 15.1 Å². The number of rotatable bonds is 3. The number of cyclic esters (lactones) is 1. The SMILES string of the molecule is O=C1C[C@H](O)C[C@@H](CCc2c(Cl)cc(Cl)c3cc(Cl)ccc23)O1. The van der Waals surface area contributed by atoms with Crippen LogP contribution in [0.1, 0.15) is 24.8 Å². The third kappa shape index (κ3) is 3.74. The molecule has 2 aromatic rings. The average molecular weight is 374 g/mol. The maximum absolute atomic E-state index is 11.4. The normalized spacial score (nSPS) is 21.5. The Kier molecular flexibility index (Phi) is 5.02. The van der Waals surface area contributed by atoms with Crippen LogP contribution in [0.3, 0.4) is 0 Å². The lowest BCUT2D eigenvalue weighted by atomic mass is 9.96. The highest BCUT2D eigenvalue weighted by molar-refractivity contribution is 6.40. The van der Waals surface area contributed by atoms with Crippen LogP contribution in [-0.2, 0) is 16.0 Å². The Morgan fingerprint density at radius 1 is 1.13 bits per heavy atom. The summed E-state index contributed by atoms with van der Waals surface area (Å²) in [5.74, 6) is -0.354. The van der Waals surface area contributed by atoms with E-state index in [0.29, 0.717) is 34.3 Å². The second-order valence-electron chi connectivity index (χ2n) is 5.75. The molecule has 0 aliphatic carbocycles. The number of hydrogen-bond acceptors (Lipinski definition) is 3. The highest BCUT2D eigenvalue weighted by atomic mass is 35.5. The van der Waals surface area contributed by atoms with Crippen molar-refractivity contribution in [1.82, 2.24) is 0 Å². The number of aliphatic hydroxyl groups excluding tert-OH is 1. The van der Waals surface area contributed by atoms with Crippen LogP contribution in [0.25, 0.3) is 10.8 Å². The van der Waals surface area contributed by atoms with E-state index in [1.807, 2.05) is 12.1 Å². The largest absolute Gasteiger partial charge is 0.462 e. The van der Waals surface area contributed by atoms with Crippen molar-refractivity contribution in [3.05, 3.63) is 44.9 Å². The Balaban J connectivity index is 1.86. The first-order valence-electron chi connectivity index (χ1n) is 7.37. The molecule has 1 fully saturated rings. The predicted molar refractivity (Wildman–Crippen MR) is 92.4 cm³/mol. The molecule has 0 radical (unpaired) electrons. The Morgan fingerprint density at radius 2 is 1.91 bits per heavy atom. The first-order chi connectivity index (χ1) is 10.9. The molecule has 0 spiro atoms. The van der Waals surface area contributed by atoms with Gasteiger partial charge in [-0.3, -0.25) is 4.79 Å². The molecule has 3 rings (SSSR count). The number of hydrogen-bond donors (Lipinski definition) is 1. The lowest BCUT2D eigenvalue weighted by Crippen LogP contribution is -2.32. The summed E-state index contributed by atoms with van der Waals surface area (Å²) < 4.78 is 5.28. The van der Waals surface area contributed by atoms with E-state index in [4.69, 9.17) is 39.5 Å². The van der Waals surface area contributed by atoms with Gasteiger partial charge in [-0.2, -0.15) is 0 Å². The number of ether oxygens (including phenoxy) is 1. The Bertz CT molecular complexity index is 760. The molecule has 0 amide bonds. The third-order valence-electron chi connectivity index (χ3n) is 4.06. The van der Waals surface area contributed by atoms with Crippen molar-refractivity contribution in [2.24, 2.45) is 0 Å². The summed E-state index contributed by atoms with van der Waals surface area (Å²) in [7, 11) is 0. The van der Waals surface area contributed by atoms with Gasteiger partial charge in [0, 0.05) is 26.9 Å². The predicted octanol–water partition coefficient (Wildman–Crippen LogP) is 4.80. The molecule has 1 saturated heterocycles. The van der Waals surface area contributed by atoms with Gasteiger partial charge in [-0.1, -0.05) is 40.9 Å². The second kappa shape index (κ2) is 6.86. The molecule has 2 aromatic carbocycles. The smallest absolute Gasteiger partial charge is 0.308 e. The van der Waals surface area contributed by atoms with Crippen LogP contribution >= 0.6 is 34.8 Å². The van der Waals surface area contributed by atoms with Crippen molar-refractivity contribution < 1.29 is 14.6 Å². The Labute approximate surface area is 149 Å². The summed E-state index contributed by atoms with van der Waals surface area (Å²) in [6.07, 6.45) is 0.832. The Hall–Kier alpha value is -1.00. The first-order valence-corrected chi connectivity index (χ1v) is 8.51. The van der Waals surface area contributed by atoms with E-state index in [-0.39, 0.29) is 18.5 Å². The number of fused-ring (bicyclic) bond motifs is 1. The van der Waals surface area contributed by atoms with Crippen LogP contribution in [0, 0.1) is 0 Å². The molecule has 6 heteroatoms. The lowest BCUT2D eigenvalue weighted by molar-refractivity contribution is -0.160. The number of halogens is 3. The molecule has 23 heavy (non-hydrogen) atoms. The van der Waals surface area contributed by atoms with E-state index >= 15 is 0 Å².